The van der Waals surface area contributed by atoms with E-state index in [9.17, 15) is 4.79 Å². The number of amides is 1. The molecule has 3 rings (SSSR count). The van der Waals surface area contributed by atoms with Crippen molar-refractivity contribution in [3.8, 4) is 11.4 Å². The molecule has 0 saturated heterocycles. The molecule has 0 aliphatic carbocycles. The van der Waals surface area contributed by atoms with E-state index in [1.54, 1.807) is 23.1 Å². The lowest BCUT2D eigenvalue weighted by atomic mass is 10.2. The predicted molar refractivity (Wildman–Crippen MR) is 107 cm³/mol. The Labute approximate surface area is 161 Å². The largest absolute Gasteiger partial charge is 0.308 e. The summed E-state index contributed by atoms with van der Waals surface area (Å²) in [7, 11) is 0. The van der Waals surface area contributed by atoms with Crippen LogP contribution in [0.2, 0.25) is 5.02 Å². The summed E-state index contributed by atoms with van der Waals surface area (Å²) < 4.78 is 0. The first-order valence-electron chi connectivity index (χ1n) is 7.95. The Bertz CT molecular complexity index is 880. The molecule has 0 aliphatic heterocycles. The topological polar surface area (TPSA) is 61.9 Å². The standard InChI is InChI=1S/C19H17ClN4OS/c1-2-12-24(16-6-4-3-5-7-16)17(25)13-26-19-21-18(22-23-19)14-8-10-15(20)11-9-14/h2-11H,1,12-13H2,(H,21,22,23). The molecule has 26 heavy (non-hydrogen) atoms. The molecule has 5 nitrogen and oxygen atoms in total. The quantitative estimate of drug-likeness (QED) is 0.483. The maximum absolute atomic E-state index is 12.6. The van der Waals surface area contributed by atoms with Crippen molar-refractivity contribution in [3.63, 3.8) is 0 Å². The number of carbonyl (C=O) groups is 1. The number of rotatable bonds is 7. The number of halogens is 1. The van der Waals surface area contributed by atoms with Gasteiger partial charge in [-0.2, -0.15) is 0 Å². The Balaban J connectivity index is 1.65. The molecule has 3 aromatic rings. The van der Waals surface area contributed by atoms with Crippen molar-refractivity contribution in [1.29, 1.82) is 0 Å². The van der Waals surface area contributed by atoms with Crippen LogP contribution in [0.3, 0.4) is 0 Å². The molecule has 1 heterocycles. The molecule has 132 valence electrons. The number of carbonyl (C=O) groups excluding carboxylic acids is 1. The minimum absolute atomic E-state index is 0.0288. The zero-order valence-corrected chi connectivity index (χ0v) is 15.5. The van der Waals surface area contributed by atoms with Crippen LogP contribution in [-0.2, 0) is 4.79 Å². The van der Waals surface area contributed by atoms with Crippen molar-refractivity contribution in [1.82, 2.24) is 15.2 Å². The Morgan fingerprint density at radius 3 is 2.62 bits per heavy atom. The van der Waals surface area contributed by atoms with Gasteiger partial charge in [0.15, 0.2) is 5.82 Å². The molecular weight excluding hydrogens is 368 g/mol. The van der Waals surface area contributed by atoms with Crippen LogP contribution in [0, 0.1) is 0 Å². The van der Waals surface area contributed by atoms with Crippen LogP contribution in [0.4, 0.5) is 5.69 Å². The van der Waals surface area contributed by atoms with Gasteiger partial charge in [0.1, 0.15) is 0 Å². The van der Waals surface area contributed by atoms with Gasteiger partial charge in [0, 0.05) is 22.8 Å². The summed E-state index contributed by atoms with van der Waals surface area (Å²) in [5, 5.41) is 8.24. The predicted octanol–water partition coefficient (Wildman–Crippen LogP) is 4.44. The summed E-state index contributed by atoms with van der Waals surface area (Å²) in [6.07, 6.45) is 1.71. The van der Waals surface area contributed by atoms with Gasteiger partial charge in [0.2, 0.25) is 11.1 Å². The second-order valence-electron chi connectivity index (χ2n) is 5.39. The van der Waals surface area contributed by atoms with Gasteiger partial charge in [-0.25, -0.2) is 4.98 Å². The second kappa shape index (κ2) is 8.69. The van der Waals surface area contributed by atoms with E-state index in [0.29, 0.717) is 22.5 Å². The summed E-state index contributed by atoms with van der Waals surface area (Å²) in [5.41, 5.74) is 1.73. The van der Waals surface area contributed by atoms with Gasteiger partial charge < -0.3 is 4.90 Å². The molecule has 1 N–H and O–H groups in total. The van der Waals surface area contributed by atoms with E-state index < -0.39 is 0 Å². The Kier molecular flexibility index (Phi) is 6.09. The van der Waals surface area contributed by atoms with Crippen molar-refractivity contribution in [2.75, 3.05) is 17.2 Å². The number of hydrogen-bond donors (Lipinski definition) is 1. The van der Waals surface area contributed by atoms with Crippen molar-refractivity contribution >= 4 is 35.0 Å². The van der Waals surface area contributed by atoms with E-state index in [-0.39, 0.29) is 11.7 Å². The molecule has 0 atom stereocenters. The minimum atomic E-state index is -0.0288. The van der Waals surface area contributed by atoms with Gasteiger partial charge in [-0.05, 0) is 36.4 Å². The normalized spacial score (nSPS) is 10.5. The maximum atomic E-state index is 12.6. The van der Waals surface area contributed by atoms with Gasteiger partial charge in [-0.15, -0.1) is 11.7 Å². The smallest absolute Gasteiger partial charge is 0.237 e. The number of nitrogens with one attached hydrogen (secondary N) is 1. The third-order valence-corrected chi connectivity index (χ3v) is 4.67. The Hall–Kier alpha value is -2.57. The van der Waals surface area contributed by atoms with Crippen LogP contribution in [0.15, 0.2) is 72.4 Å². The molecule has 7 heteroatoms. The van der Waals surface area contributed by atoms with Gasteiger partial charge in [-0.1, -0.05) is 47.6 Å². The van der Waals surface area contributed by atoms with Crippen LogP contribution in [-0.4, -0.2) is 33.4 Å². The highest BCUT2D eigenvalue weighted by atomic mass is 35.5. The minimum Gasteiger partial charge on any atom is -0.308 e. The molecule has 1 amide bonds. The van der Waals surface area contributed by atoms with Crippen LogP contribution < -0.4 is 4.90 Å². The number of benzene rings is 2. The first-order valence-corrected chi connectivity index (χ1v) is 9.31. The van der Waals surface area contributed by atoms with Gasteiger partial charge in [0.05, 0.1) is 5.75 Å². The molecule has 0 saturated carbocycles. The average Bonchev–Trinajstić information content (AvgIpc) is 3.14. The SMILES string of the molecule is C=CCN(C(=O)CSc1n[nH]c(-c2ccc(Cl)cc2)n1)c1ccccc1. The van der Waals surface area contributed by atoms with Gasteiger partial charge in [0.25, 0.3) is 0 Å². The third kappa shape index (κ3) is 4.53. The fraction of sp³-hybridized carbons (Fsp3) is 0.105. The van der Waals surface area contributed by atoms with Crippen LogP contribution >= 0.6 is 23.4 Å². The Morgan fingerprint density at radius 2 is 1.92 bits per heavy atom. The first-order chi connectivity index (χ1) is 12.7. The van der Waals surface area contributed by atoms with Crippen LogP contribution in [0.5, 0.6) is 0 Å². The molecule has 0 fully saturated rings. The van der Waals surface area contributed by atoms with E-state index >= 15 is 0 Å². The Morgan fingerprint density at radius 1 is 1.19 bits per heavy atom. The molecule has 0 bridgehead atoms. The van der Waals surface area contributed by atoms with E-state index in [2.05, 4.69) is 21.8 Å². The van der Waals surface area contributed by atoms with E-state index in [1.807, 2.05) is 42.5 Å². The summed E-state index contributed by atoms with van der Waals surface area (Å²) in [6.45, 7) is 4.18. The summed E-state index contributed by atoms with van der Waals surface area (Å²) >= 11 is 7.19. The fourth-order valence-electron chi connectivity index (χ4n) is 2.34. The van der Waals surface area contributed by atoms with E-state index in [4.69, 9.17) is 11.6 Å². The average molecular weight is 385 g/mol. The highest BCUT2D eigenvalue weighted by Crippen LogP contribution is 2.22. The lowest BCUT2D eigenvalue weighted by Crippen LogP contribution is -2.32. The van der Waals surface area contributed by atoms with Crippen molar-refractivity contribution in [2.24, 2.45) is 0 Å². The van der Waals surface area contributed by atoms with E-state index in [1.165, 1.54) is 11.8 Å². The van der Waals surface area contributed by atoms with Crippen LogP contribution in [0.1, 0.15) is 0 Å². The molecule has 0 spiro atoms. The summed E-state index contributed by atoms with van der Waals surface area (Å²) in [5.74, 6) is 0.849. The molecular formula is C19H17ClN4OS. The van der Waals surface area contributed by atoms with E-state index in [0.717, 1.165) is 11.3 Å². The van der Waals surface area contributed by atoms with Crippen molar-refractivity contribution < 1.29 is 4.79 Å². The number of nitrogens with zero attached hydrogens (tertiary/aromatic N) is 3. The van der Waals surface area contributed by atoms with Crippen molar-refractivity contribution in [2.45, 2.75) is 5.16 Å². The number of hydrogen-bond acceptors (Lipinski definition) is 4. The number of para-hydroxylation sites is 1. The zero-order valence-electron chi connectivity index (χ0n) is 13.9. The third-order valence-electron chi connectivity index (χ3n) is 3.59. The lowest BCUT2D eigenvalue weighted by molar-refractivity contribution is -0.116. The highest BCUT2D eigenvalue weighted by Gasteiger charge is 2.16. The molecule has 0 unspecified atom stereocenters. The number of H-pyrrole nitrogens is 1. The fourth-order valence-corrected chi connectivity index (χ4v) is 3.14. The van der Waals surface area contributed by atoms with Crippen LogP contribution in [0.25, 0.3) is 11.4 Å². The van der Waals surface area contributed by atoms with Gasteiger partial charge in [-0.3, -0.25) is 9.89 Å². The summed E-state index contributed by atoms with van der Waals surface area (Å²) in [4.78, 5) is 18.7. The maximum Gasteiger partial charge on any atom is 0.237 e. The first kappa shape index (κ1) is 18.2. The second-order valence-corrected chi connectivity index (χ2v) is 6.77. The molecule has 0 aliphatic rings. The summed E-state index contributed by atoms with van der Waals surface area (Å²) in [6, 6.07) is 16.8. The molecule has 1 aromatic heterocycles. The lowest BCUT2D eigenvalue weighted by Gasteiger charge is -2.20. The molecule has 2 aromatic carbocycles. The monoisotopic (exact) mass is 384 g/mol. The number of anilines is 1. The number of thioether (sulfide) groups is 1. The molecule has 0 radical (unpaired) electrons. The zero-order chi connectivity index (χ0) is 18.4. The van der Waals surface area contributed by atoms with Crippen molar-refractivity contribution in [3.05, 3.63) is 72.3 Å². The number of aromatic amines is 1. The highest BCUT2D eigenvalue weighted by molar-refractivity contribution is 7.99. The number of aromatic nitrogens is 3. The van der Waals surface area contributed by atoms with Gasteiger partial charge >= 0.3 is 0 Å².